The molecule has 2 aromatic rings. The van der Waals surface area contributed by atoms with Gasteiger partial charge in [-0.05, 0) is 24.6 Å². The van der Waals surface area contributed by atoms with Gasteiger partial charge in [-0.15, -0.1) is 0 Å². The van der Waals surface area contributed by atoms with Gasteiger partial charge in [0, 0.05) is 12.1 Å². The predicted molar refractivity (Wildman–Crippen MR) is 69.6 cm³/mol. The molecule has 0 N–H and O–H groups in total. The highest BCUT2D eigenvalue weighted by atomic mass is 16.5. The highest BCUT2D eigenvalue weighted by Crippen LogP contribution is 2.31. The van der Waals surface area contributed by atoms with Gasteiger partial charge in [0.1, 0.15) is 0 Å². The smallest absolute Gasteiger partial charge is 0.441 e. The van der Waals surface area contributed by atoms with Crippen LogP contribution in [0.1, 0.15) is 13.3 Å². The molecule has 19 heavy (non-hydrogen) atoms. The summed E-state index contributed by atoms with van der Waals surface area (Å²) in [5.74, 6) is 1.25. The van der Waals surface area contributed by atoms with E-state index in [0.717, 1.165) is 12.0 Å². The van der Waals surface area contributed by atoms with E-state index in [1.165, 1.54) is 4.57 Å². The van der Waals surface area contributed by atoms with Crippen molar-refractivity contribution in [2.45, 2.75) is 19.9 Å². The third-order valence-corrected chi connectivity index (χ3v) is 2.78. The molecule has 0 fully saturated rings. The van der Waals surface area contributed by atoms with E-state index in [4.69, 9.17) is 14.0 Å². The first kappa shape index (κ1) is 13.2. The molecule has 102 valence electrons. The molecule has 0 unspecified atom stereocenters. The summed E-state index contributed by atoms with van der Waals surface area (Å²) in [6, 6.07) is 5.34. The average Bonchev–Trinajstić information content (AvgIpc) is 2.80. The maximum Gasteiger partial charge on any atom is 0.441 e. The molecule has 0 saturated carbocycles. The van der Waals surface area contributed by atoms with Crippen LogP contribution in [0.25, 0.3) is 11.4 Å². The van der Waals surface area contributed by atoms with E-state index in [1.54, 1.807) is 26.4 Å². The normalized spacial score (nSPS) is 10.5. The monoisotopic (exact) mass is 264 g/mol. The highest BCUT2D eigenvalue weighted by Gasteiger charge is 2.14. The largest absolute Gasteiger partial charge is 0.493 e. The van der Waals surface area contributed by atoms with Gasteiger partial charge in [0.05, 0.1) is 14.2 Å². The van der Waals surface area contributed by atoms with Crippen LogP contribution in [0.5, 0.6) is 11.5 Å². The minimum absolute atomic E-state index is 0.452. The zero-order valence-electron chi connectivity index (χ0n) is 11.2. The molecule has 0 amide bonds. The molecule has 0 saturated heterocycles. The lowest BCUT2D eigenvalue weighted by Crippen LogP contribution is -2.15. The molecule has 1 aromatic carbocycles. The summed E-state index contributed by atoms with van der Waals surface area (Å²) in [6.45, 7) is 2.55. The van der Waals surface area contributed by atoms with Gasteiger partial charge in [0.2, 0.25) is 0 Å². The van der Waals surface area contributed by atoms with Crippen LogP contribution in [-0.2, 0) is 6.54 Å². The van der Waals surface area contributed by atoms with E-state index in [2.05, 4.69) is 5.16 Å². The number of nitrogens with zero attached hydrogens (tertiary/aromatic N) is 2. The lowest BCUT2D eigenvalue weighted by atomic mass is 10.2. The summed E-state index contributed by atoms with van der Waals surface area (Å²) >= 11 is 0. The third-order valence-electron chi connectivity index (χ3n) is 2.78. The summed E-state index contributed by atoms with van der Waals surface area (Å²) in [4.78, 5) is 11.6. The van der Waals surface area contributed by atoms with Gasteiger partial charge < -0.3 is 9.47 Å². The molecule has 0 radical (unpaired) electrons. The fourth-order valence-electron chi connectivity index (χ4n) is 1.87. The Morgan fingerprint density at radius 1 is 1.26 bits per heavy atom. The summed E-state index contributed by atoms with van der Waals surface area (Å²) in [6.07, 6.45) is 0.821. The molecule has 0 aliphatic carbocycles. The Bertz CT molecular complexity index is 615. The first-order chi connectivity index (χ1) is 9.21. The van der Waals surface area contributed by atoms with Crippen LogP contribution in [0, 0.1) is 0 Å². The molecule has 0 aliphatic heterocycles. The molecule has 0 atom stereocenters. The second-order valence-corrected chi connectivity index (χ2v) is 3.99. The Labute approximate surface area is 110 Å². The van der Waals surface area contributed by atoms with Crippen molar-refractivity contribution in [1.29, 1.82) is 0 Å². The van der Waals surface area contributed by atoms with Crippen molar-refractivity contribution >= 4 is 0 Å². The van der Waals surface area contributed by atoms with Crippen LogP contribution in [0.3, 0.4) is 0 Å². The van der Waals surface area contributed by atoms with Gasteiger partial charge in [-0.1, -0.05) is 12.1 Å². The van der Waals surface area contributed by atoms with Crippen LogP contribution in [0.2, 0.25) is 0 Å². The number of ether oxygens (including phenoxy) is 2. The van der Waals surface area contributed by atoms with E-state index < -0.39 is 5.76 Å². The van der Waals surface area contributed by atoms with Crippen LogP contribution in [0.15, 0.2) is 27.5 Å². The van der Waals surface area contributed by atoms with Gasteiger partial charge in [-0.25, -0.2) is 4.79 Å². The number of benzene rings is 1. The quantitative estimate of drug-likeness (QED) is 0.825. The number of hydrogen-bond donors (Lipinski definition) is 0. The fraction of sp³-hybridized carbons (Fsp3) is 0.385. The van der Waals surface area contributed by atoms with Gasteiger partial charge in [-0.2, -0.15) is 0 Å². The Morgan fingerprint density at radius 3 is 2.63 bits per heavy atom. The lowest BCUT2D eigenvalue weighted by molar-refractivity contribution is 0.355. The Kier molecular flexibility index (Phi) is 3.89. The van der Waals surface area contributed by atoms with Crippen LogP contribution < -0.4 is 15.2 Å². The van der Waals surface area contributed by atoms with E-state index in [-0.39, 0.29) is 0 Å². The van der Waals surface area contributed by atoms with Crippen molar-refractivity contribution in [3.8, 4) is 22.9 Å². The van der Waals surface area contributed by atoms with Crippen molar-refractivity contribution in [2.24, 2.45) is 0 Å². The van der Waals surface area contributed by atoms with Crippen molar-refractivity contribution in [3.63, 3.8) is 0 Å². The Morgan fingerprint density at radius 2 is 2.00 bits per heavy atom. The fourth-order valence-corrected chi connectivity index (χ4v) is 1.87. The number of methoxy groups -OCH3 is 2. The molecule has 6 nitrogen and oxygen atoms in total. The topological polar surface area (TPSA) is 66.5 Å². The van der Waals surface area contributed by atoms with E-state index in [9.17, 15) is 4.79 Å². The van der Waals surface area contributed by atoms with Crippen LogP contribution >= 0.6 is 0 Å². The second-order valence-electron chi connectivity index (χ2n) is 3.99. The SMILES string of the molecule is CCCn1c(-c2ccc(OC)c(OC)c2)noc1=O. The summed E-state index contributed by atoms with van der Waals surface area (Å²) in [5, 5.41) is 3.81. The second kappa shape index (κ2) is 5.60. The first-order valence-corrected chi connectivity index (χ1v) is 6.00. The zero-order valence-corrected chi connectivity index (χ0v) is 11.2. The van der Waals surface area contributed by atoms with E-state index >= 15 is 0 Å². The molecule has 1 aromatic heterocycles. The maximum atomic E-state index is 11.6. The van der Waals surface area contributed by atoms with Crippen molar-refractivity contribution < 1.29 is 14.0 Å². The van der Waals surface area contributed by atoms with E-state index in [1.807, 2.05) is 13.0 Å². The van der Waals surface area contributed by atoms with E-state index in [0.29, 0.717) is 23.9 Å². The third kappa shape index (κ3) is 2.47. The molecular formula is C13H16N2O4. The number of aromatic nitrogens is 2. The Balaban J connectivity index is 2.50. The van der Waals surface area contributed by atoms with Crippen LogP contribution in [-0.4, -0.2) is 23.9 Å². The minimum Gasteiger partial charge on any atom is -0.493 e. The van der Waals surface area contributed by atoms with Crippen molar-refractivity contribution in [1.82, 2.24) is 9.72 Å². The standard InChI is InChI=1S/C13H16N2O4/c1-4-7-15-12(14-19-13(15)16)9-5-6-10(17-2)11(8-9)18-3/h5-6,8H,4,7H2,1-3H3. The first-order valence-electron chi connectivity index (χ1n) is 6.00. The average molecular weight is 264 g/mol. The summed E-state index contributed by atoms with van der Waals surface area (Å²) in [7, 11) is 3.13. The molecule has 0 aliphatic rings. The van der Waals surface area contributed by atoms with Crippen LogP contribution in [0.4, 0.5) is 0 Å². The molecule has 0 spiro atoms. The maximum absolute atomic E-state index is 11.6. The lowest BCUT2D eigenvalue weighted by Gasteiger charge is -2.09. The highest BCUT2D eigenvalue weighted by molar-refractivity contribution is 5.61. The molecule has 1 heterocycles. The Hall–Kier alpha value is -2.24. The summed E-state index contributed by atoms with van der Waals surface area (Å²) < 4.78 is 16.6. The minimum atomic E-state index is -0.452. The van der Waals surface area contributed by atoms with Gasteiger partial charge in [-0.3, -0.25) is 9.09 Å². The molecular weight excluding hydrogens is 248 g/mol. The molecule has 6 heteroatoms. The van der Waals surface area contributed by atoms with Gasteiger partial charge >= 0.3 is 5.76 Å². The predicted octanol–water partition coefficient (Wildman–Crippen LogP) is 1.93. The molecule has 2 rings (SSSR count). The van der Waals surface area contributed by atoms with Gasteiger partial charge in [0.15, 0.2) is 17.3 Å². The number of rotatable bonds is 5. The van der Waals surface area contributed by atoms with Gasteiger partial charge in [0.25, 0.3) is 0 Å². The zero-order chi connectivity index (χ0) is 13.8. The van der Waals surface area contributed by atoms with Crippen molar-refractivity contribution in [2.75, 3.05) is 14.2 Å². The number of hydrogen-bond acceptors (Lipinski definition) is 5. The van der Waals surface area contributed by atoms with Crippen molar-refractivity contribution in [3.05, 3.63) is 28.7 Å². The summed E-state index contributed by atoms with van der Waals surface area (Å²) in [5.41, 5.74) is 0.747. The molecule has 0 bridgehead atoms.